The van der Waals surface area contributed by atoms with Gasteiger partial charge in [0.05, 0.1) is 13.2 Å². The van der Waals surface area contributed by atoms with Crippen LogP contribution in [0.1, 0.15) is 30.6 Å². The number of rotatable bonds is 6. The van der Waals surface area contributed by atoms with Crippen LogP contribution in [-0.4, -0.2) is 36.2 Å². The first-order valence-electron chi connectivity index (χ1n) is 8.95. The van der Waals surface area contributed by atoms with Gasteiger partial charge in [-0.25, -0.2) is 0 Å². The van der Waals surface area contributed by atoms with E-state index in [1.54, 1.807) is 7.11 Å². The van der Waals surface area contributed by atoms with E-state index in [0.29, 0.717) is 0 Å². The Morgan fingerprint density at radius 3 is 2.35 bits per heavy atom. The van der Waals surface area contributed by atoms with Crippen LogP contribution in [0.2, 0.25) is 0 Å². The molecule has 2 aromatic carbocycles. The monoisotopic (exact) mass is 373 g/mol. The molecule has 3 rings (SSSR count). The number of hydrogen-bond acceptors (Lipinski definition) is 3. The maximum atomic E-state index is 10.7. The summed E-state index contributed by atoms with van der Waals surface area (Å²) in [5.74, 6) is 0.815. The maximum absolute atomic E-state index is 10.7. The Morgan fingerprint density at radius 2 is 1.77 bits per heavy atom. The molecule has 4 heteroatoms. The smallest absolute Gasteiger partial charge is 0.118 e. The summed E-state index contributed by atoms with van der Waals surface area (Å²) in [6, 6.07) is 18.4. The van der Waals surface area contributed by atoms with Crippen molar-refractivity contribution in [2.24, 2.45) is 0 Å². The van der Waals surface area contributed by atoms with Gasteiger partial charge in [0, 0.05) is 19.1 Å². The second kappa shape index (κ2) is 9.77. The van der Waals surface area contributed by atoms with E-state index in [1.165, 1.54) is 11.1 Å². The van der Waals surface area contributed by atoms with Crippen LogP contribution in [0.15, 0.2) is 66.2 Å². The Balaban J connectivity index is 0.00000243. The van der Waals surface area contributed by atoms with Crippen molar-refractivity contribution in [3.05, 3.63) is 77.4 Å². The Kier molecular flexibility index (Phi) is 7.70. The third-order valence-corrected chi connectivity index (χ3v) is 5.10. The molecule has 0 radical (unpaired) electrons. The molecule has 0 amide bonds. The summed E-state index contributed by atoms with van der Waals surface area (Å²) >= 11 is 0. The number of aliphatic hydroxyl groups excluding tert-OH is 1. The summed E-state index contributed by atoms with van der Waals surface area (Å²) in [6.07, 6.45) is 3.93. The SMILES string of the molecule is COc1ccc([C@@H](O)[C@H](C)N2CC=C(Cc3ccccc3)CC2)cc1.Cl. The summed E-state index contributed by atoms with van der Waals surface area (Å²) < 4.78 is 5.19. The van der Waals surface area contributed by atoms with E-state index in [9.17, 15) is 5.11 Å². The standard InChI is InChI=1S/C22H27NO2.ClH/c1-17(22(24)20-8-10-21(25-2)11-9-20)23-14-12-19(13-15-23)16-18-6-4-3-5-7-18;/h3-12,17,22,24H,13-16H2,1-2H3;1H/t17-,22-;/m0./s1. The summed E-state index contributed by atoms with van der Waals surface area (Å²) in [6.45, 7) is 3.99. The van der Waals surface area contributed by atoms with Gasteiger partial charge in [0.2, 0.25) is 0 Å². The molecule has 1 heterocycles. The van der Waals surface area contributed by atoms with Gasteiger partial charge in [-0.3, -0.25) is 4.90 Å². The fraction of sp³-hybridized carbons (Fsp3) is 0.364. The molecule has 3 nitrogen and oxygen atoms in total. The van der Waals surface area contributed by atoms with Gasteiger partial charge in [-0.1, -0.05) is 54.1 Å². The Labute approximate surface area is 162 Å². The van der Waals surface area contributed by atoms with Crippen molar-refractivity contribution in [3.63, 3.8) is 0 Å². The zero-order valence-corrected chi connectivity index (χ0v) is 16.3. The van der Waals surface area contributed by atoms with Crippen LogP contribution in [0.3, 0.4) is 0 Å². The third-order valence-electron chi connectivity index (χ3n) is 5.10. The van der Waals surface area contributed by atoms with Crippen molar-refractivity contribution < 1.29 is 9.84 Å². The predicted molar refractivity (Wildman–Crippen MR) is 109 cm³/mol. The van der Waals surface area contributed by atoms with E-state index in [4.69, 9.17) is 4.74 Å². The van der Waals surface area contributed by atoms with Crippen LogP contribution in [-0.2, 0) is 6.42 Å². The first-order valence-corrected chi connectivity index (χ1v) is 8.95. The highest BCUT2D eigenvalue weighted by atomic mass is 35.5. The molecular formula is C22H28ClNO2. The van der Waals surface area contributed by atoms with Crippen molar-refractivity contribution >= 4 is 12.4 Å². The Hall–Kier alpha value is -1.81. The fourth-order valence-corrected chi connectivity index (χ4v) is 3.39. The van der Waals surface area contributed by atoms with Gasteiger partial charge >= 0.3 is 0 Å². The van der Waals surface area contributed by atoms with Gasteiger partial charge in [-0.2, -0.15) is 0 Å². The van der Waals surface area contributed by atoms with Gasteiger partial charge in [0.1, 0.15) is 5.75 Å². The van der Waals surface area contributed by atoms with Crippen molar-refractivity contribution in [2.75, 3.05) is 20.2 Å². The highest BCUT2D eigenvalue weighted by Gasteiger charge is 2.24. The van der Waals surface area contributed by atoms with Crippen LogP contribution in [0.25, 0.3) is 0 Å². The van der Waals surface area contributed by atoms with Gasteiger partial charge in [0.25, 0.3) is 0 Å². The molecule has 140 valence electrons. The third kappa shape index (κ3) is 5.10. The minimum absolute atomic E-state index is 0. The van der Waals surface area contributed by atoms with Crippen LogP contribution >= 0.6 is 12.4 Å². The zero-order valence-electron chi connectivity index (χ0n) is 15.5. The molecule has 0 fully saturated rings. The second-order valence-corrected chi connectivity index (χ2v) is 6.73. The van der Waals surface area contributed by atoms with Crippen molar-refractivity contribution in [2.45, 2.75) is 31.9 Å². The van der Waals surface area contributed by atoms with E-state index in [-0.39, 0.29) is 18.4 Å². The fourth-order valence-electron chi connectivity index (χ4n) is 3.39. The lowest BCUT2D eigenvalue weighted by Crippen LogP contribution is -2.40. The summed E-state index contributed by atoms with van der Waals surface area (Å²) in [5, 5.41) is 10.7. The number of methoxy groups -OCH3 is 1. The molecule has 0 saturated carbocycles. The molecular weight excluding hydrogens is 346 g/mol. The average molecular weight is 374 g/mol. The number of nitrogens with zero attached hydrogens (tertiary/aromatic N) is 1. The quantitative estimate of drug-likeness (QED) is 0.761. The van der Waals surface area contributed by atoms with E-state index in [2.05, 4.69) is 48.2 Å². The highest BCUT2D eigenvalue weighted by Crippen LogP contribution is 2.26. The molecule has 26 heavy (non-hydrogen) atoms. The molecule has 1 aliphatic rings. The van der Waals surface area contributed by atoms with Crippen LogP contribution in [0.4, 0.5) is 0 Å². The minimum Gasteiger partial charge on any atom is -0.497 e. The first-order chi connectivity index (χ1) is 12.2. The average Bonchev–Trinajstić information content (AvgIpc) is 2.68. The van der Waals surface area contributed by atoms with Crippen molar-refractivity contribution in [1.29, 1.82) is 0 Å². The molecule has 1 aliphatic heterocycles. The first kappa shape index (κ1) is 20.5. The second-order valence-electron chi connectivity index (χ2n) is 6.73. The molecule has 0 bridgehead atoms. The number of ether oxygens (including phenoxy) is 1. The van der Waals surface area contributed by atoms with Gasteiger partial charge in [-0.05, 0) is 43.0 Å². The number of aliphatic hydroxyl groups is 1. The molecule has 0 aliphatic carbocycles. The molecule has 0 saturated heterocycles. The number of hydrogen-bond donors (Lipinski definition) is 1. The van der Waals surface area contributed by atoms with Gasteiger partial charge in [-0.15, -0.1) is 12.4 Å². The molecule has 2 aromatic rings. The highest BCUT2D eigenvalue weighted by molar-refractivity contribution is 5.85. The van der Waals surface area contributed by atoms with Crippen LogP contribution in [0.5, 0.6) is 5.75 Å². The van der Waals surface area contributed by atoms with E-state index >= 15 is 0 Å². The lowest BCUT2D eigenvalue weighted by atomic mass is 9.96. The van der Waals surface area contributed by atoms with E-state index < -0.39 is 6.10 Å². The number of halogens is 1. The molecule has 1 N–H and O–H groups in total. The lowest BCUT2D eigenvalue weighted by Gasteiger charge is -2.34. The Morgan fingerprint density at radius 1 is 1.08 bits per heavy atom. The van der Waals surface area contributed by atoms with Gasteiger partial charge < -0.3 is 9.84 Å². The van der Waals surface area contributed by atoms with Crippen molar-refractivity contribution in [1.82, 2.24) is 4.90 Å². The topological polar surface area (TPSA) is 32.7 Å². The van der Waals surface area contributed by atoms with Crippen LogP contribution < -0.4 is 4.74 Å². The predicted octanol–water partition coefficient (Wildman–Crippen LogP) is 4.41. The van der Waals surface area contributed by atoms with Crippen LogP contribution in [0, 0.1) is 0 Å². The molecule has 0 spiro atoms. The largest absolute Gasteiger partial charge is 0.497 e. The van der Waals surface area contributed by atoms with E-state index in [0.717, 1.165) is 37.2 Å². The summed E-state index contributed by atoms with van der Waals surface area (Å²) in [5.41, 5.74) is 3.80. The molecule has 0 unspecified atom stereocenters. The molecule has 2 atom stereocenters. The van der Waals surface area contributed by atoms with Crippen molar-refractivity contribution in [3.8, 4) is 5.75 Å². The summed E-state index contributed by atoms with van der Waals surface area (Å²) in [7, 11) is 1.65. The van der Waals surface area contributed by atoms with Gasteiger partial charge in [0.15, 0.2) is 0 Å². The maximum Gasteiger partial charge on any atom is 0.118 e. The normalized spacial score (nSPS) is 17.0. The number of benzene rings is 2. The van der Waals surface area contributed by atoms with E-state index in [1.807, 2.05) is 24.3 Å². The molecule has 0 aromatic heterocycles. The Bertz CT molecular complexity index is 700. The lowest BCUT2D eigenvalue weighted by molar-refractivity contribution is 0.0623. The zero-order chi connectivity index (χ0) is 17.6. The summed E-state index contributed by atoms with van der Waals surface area (Å²) in [4.78, 5) is 2.35. The minimum atomic E-state index is -0.491.